The molecule has 0 spiro atoms. The summed E-state index contributed by atoms with van der Waals surface area (Å²) in [6.45, 7) is 0. The zero-order valence-electron chi connectivity index (χ0n) is 7.00. The summed E-state index contributed by atoms with van der Waals surface area (Å²) in [6, 6.07) is 5.08. The van der Waals surface area contributed by atoms with Crippen LogP contribution in [-0.2, 0) is 0 Å². The highest BCUT2D eigenvalue weighted by Gasteiger charge is 2.08. The number of hydrogen-bond donors (Lipinski definition) is 1. The Balaban J connectivity index is 2.60. The Morgan fingerprint density at radius 2 is 1.93 bits per heavy atom. The van der Waals surface area contributed by atoms with Crippen molar-refractivity contribution in [1.82, 2.24) is 0 Å². The van der Waals surface area contributed by atoms with Crippen LogP contribution in [0.15, 0.2) is 29.0 Å². The van der Waals surface area contributed by atoms with E-state index in [4.69, 9.17) is 23.2 Å². The minimum absolute atomic E-state index is 0.00986. The number of halogens is 2. The molecule has 0 fully saturated rings. The number of thiophene rings is 1. The predicted molar refractivity (Wildman–Crippen MR) is 61.4 cm³/mol. The van der Waals surface area contributed by atoms with Crippen molar-refractivity contribution >= 4 is 34.5 Å². The van der Waals surface area contributed by atoms with Gasteiger partial charge < -0.3 is 5.11 Å². The number of rotatable bonds is 1. The Morgan fingerprint density at radius 3 is 2.57 bits per heavy atom. The molecule has 2 rings (SSSR count). The lowest BCUT2D eigenvalue weighted by atomic mass is 10.1. The molecule has 0 atom stereocenters. The van der Waals surface area contributed by atoms with Crippen LogP contribution in [0.25, 0.3) is 11.1 Å². The number of benzene rings is 1. The number of phenols is 1. The quantitative estimate of drug-likeness (QED) is 0.788. The lowest BCUT2D eigenvalue weighted by Gasteiger charge is -2.04. The standard InChI is InChI=1S/C10H6Cl2OS/c11-8-4-10(13)9(12)3-7(8)6-1-2-14-5-6/h1-5,13H. The molecule has 1 heterocycles. The predicted octanol–water partition coefficient (Wildman–Crippen LogP) is 4.43. The fraction of sp³-hybridized carbons (Fsp3) is 0. The first-order valence-electron chi connectivity index (χ1n) is 3.89. The van der Waals surface area contributed by atoms with Gasteiger partial charge in [0.25, 0.3) is 0 Å². The second-order valence-electron chi connectivity index (χ2n) is 2.80. The molecule has 1 nitrogen and oxygen atoms in total. The van der Waals surface area contributed by atoms with Crippen LogP contribution < -0.4 is 0 Å². The van der Waals surface area contributed by atoms with Crippen molar-refractivity contribution in [3.8, 4) is 16.9 Å². The van der Waals surface area contributed by atoms with Gasteiger partial charge in [-0.25, -0.2) is 0 Å². The van der Waals surface area contributed by atoms with Crippen LogP contribution in [0.5, 0.6) is 5.75 Å². The second kappa shape index (κ2) is 3.81. The third-order valence-electron chi connectivity index (χ3n) is 1.87. The van der Waals surface area contributed by atoms with Crippen LogP contribution in [0.1, 0.15) is 0 Å². The Hall–Kier alpha value is -0.700. The molecule has 2 aromatic rings. The van der Waals surface area contributed by atoms with E-state index in [1.165, 1.54) is 6.07 Å². The van der Waals surface area contributed by atoms with Gasteiger partial charge in [-0.3, -0.25) is 0 Å². The van der Waals surface area contributed by atoms with Crippen LogP contribution in [0.4, 0.5) is 0 Å². The van der Waals surface area contributed by atoms with Crippen molar-refractivity contribution in [3.63, 3.8) is 0 Å². The van der Waals surface area contributed by atoms with Gasteiger partial charge in [-0.2, -0.15) is 11.3 Å². The first-order chi connectivity index (χ1) is 6.68. The maximum atomic E-state index is 9.31. The zero-order chi connectivity index (χ0) is 10.1. The van der Waals surface area contributed by atoms with Crippen molar-refractivity contribution in [2.75, 3.05) is 0 Å². The highest BCUT2D eigenvalue weighted by Crippen LogP contribution is 2.36. The lowest BCUT2D eigenvalue weighted by Crippen LogP contribution is -1.77. The molecule has 0 aliphatic heterocycles. The number of hydrogen-bond acceptors (Lipinski definition) is 2. The van der Waals surface area contributed by atoms with Gasteiger partial charge in [-0.05, 0) is 28.5 Å². The average Bonchev–Trinajstić information content (AvgIpc) is 2.64. The van der Waals surface area contributed by atoms with E-state index in [9.17, 15) is 5.11 Å². The van der Waals surface area contributed by atoms with Gasteiger partial charge in [-0.1, -0.05) is 23.2 Å². The minimum Gasteiger partial charge on any atom is -0.506 e. The van der Waals surface area contributed by atoms with E-state index in [0.717, 1.165) is 11.1 Å². The Morgan fingerprint density at radius 1 is 1.14 bits per heavy atom. The molecule has 0 radical (unpaired) electrons. The summed E-state index contributed by atoms with van der Waals surface area (Å²) >= 11 is 13.4. The molecule has 1 aromatic carbocycles. The summed E-state index contributed by atoms with van der Waals surface area (Å²) in [5.41, 5.74) is 1.86. The number of phenolic OH excluding ortho intramolecular Hbond substituents is 1. The van der Waals surface area contributed by atoms with Crippen LogP contribution in [0.2, 0.25) is 10.0 Å². The van der Waals surface area contributed by atoms with Crippen molar-refractivity contribution in [2.24, 2.45) is 0 Å². The third-order valence-corrected chi connectivity index (χ3v) is 3.17. The molecule has 1 aromatic heterocycles. The van der Waals surface area contributed by atoms with Crippen LogP contribution in [0.3, 0.4) is 0 Å². The third kappa shape index (κ3) is 1.73. The van der Waals surface area contributed by atoms with Crippen LogP contribution >= 0.6 is 34.5 Å². The molecule has 4 heteroatoms. The summed E-state index contributed by atoms with van der Waals surface area (Å²) in [4.78, 5) is 0. The van der Waals surface area contributed by atoms with E-state index < -0.39 is 0 Å². The summed E-state index contributed by atoms with van der Waals surface area (Å²) in [5.74, 6) is 0.00986. The highest BCUT2D eigenvalue weighted by atomic mass is 35.5. The monoisotopic (exact) mass is 244 g/mol. The zero-order valence-corrected chi connectivity index (χ0v) is 9.33. The van der Waals surface area contributed by atoms with E-state index in [-0.39, 0.29) is 5.75 Å². The molecule has 0 aliphatic rings. The molecule has 0 amide bonds. The molecule has 0 unspecified atom stereocenters. The van der Waals surface area contributed by atoms with E-state index in [2.05, 4.69) is 0 Å². The fourth-order valence-electron chi connectivity index (χ4n) is 1.18. The van der Waals surface area contributed by atoms with Crippen LogP contribution in [0, 0.1) is 0 Å². The normalized spacial score (nSPS) is 10.4. The van der Waals surface area contributed by atoms with E-state index in [0.29, 0.717) is 10.0 Å². The lowest BCUT2D eigenvalue weighted by molar-refractivity contribution is 0.475. The van der Waals surface area contributed by atoms with Crippen molar-refractivity contribution in [2.45, 2.75) is 0 Å². The molecule has 14 heavy (non-hydrogen) atoms. The number of aromatic hydroxyl groups is 1. The van der Waals surface area contributed by atoms with Gasteiger partial charge in [0.2, 0.25) is 0 Å². The molecule has 72 valence electrons. The summed E-state index contributed by atoms with van der Waals surface area (Å²) in [7, 11) is 0. The van der Waals surface area contributed by atoms with Crippen molar-refractivity contribution in [1.29, 1.82) is 0 Å². The molecule has 0 saturated carbocycles. The Labute approximate surface area is 95.5 Å². The molecule has 0 aliphatic carbocycles. The first-order valence-corrected chi connectivity index (χ1v) is 5.59. The Kier molecular flexibility index (Phi) is 2.68. The maximum absolute atomic E-state index is 9.31. The largest absolute Gasteiger partial charge is 0.506 e. The smallest absolute Gasteiger partial charge is 0.135 e. The minimum atomic E-state index is 0.00986. The summed E-state index contributed by atoms with van der Waals surface area (Å²) in [5, 5.41) is 14.1. The maximum Gasteiger partial charge on any atom is 0.135 e. The summed E-state index contributed by atoms with van der Waals surface area (Å²) < 4.78 is 0. The molecule has 1 N–H and O–H groups in total. The van der Waals surface area contributed by atoms with Crippen LogP contribution in [-0.4, -0.2) is 5.11 Å². The molecule has 0 saturated heterocycles. The van der Waals surface area contributed by atoms with Gasteiger partial charge in [0, 0.05) is 11.6 Å². The fourth-order valence-corrected chi connectivity index (χ4v) is 2.26. The molecular formula is C10H6Cl2OS. The average molecular weight is 245 g/mol. The van der Waals surface area contributed by atoms with Gasteiger partial charge in [0.15, 0.2) is 0 Å². The van der Waals surface area contributed by atoms with Crippen molar-refractivity contribution < 1.29 is 5.11 Å². The van der Waals surface area contributed by atoms with Gasteiger partial charge in [0.1, 0.15) is 5.75 Å². The topological polar surface area (TPSA) is 20.2 Å². The molecular weight excluding hydrogens is 239 g/mol. The van der Waals surface area contributed by atoms with Gasteiger partial charge >= 0.3 is 0 Å². The van der Waals surface area contributed by atoms with Crippen molar-refractivity contribution in [3.05, 3.63) is 39.0 Å². The molecule has 0 bridgehead atoms. The SMILES string of the molecule is Oc1cc(Cl)c(-c2ccsc2)cc1Cl. The van der Waals surface area contributed by atoms with E-state index in [1.807, 2.05) is 16.8 Å². The van der Waals surface area contributed by atoms with Gasteiger partial charge in [0.05, 0.1) is 10.0 Å². The highest BCUT2D eigenvalue weighted by molar-refractivity contribution is 7.08. The van der Waals surface area contributed by atoms with Gasteiger partial charge in [-0.15, -0.1) is 0 Å². The first kappa shape index (κ1) is 9.84. The van der Waals surface area contributed by atoms with E-state index >= 15 is 0 Å². The van der Waals surface area contributed by atoms with E-state index in [1.54, 1.807) is 17.4 Å². The Bertz CT molecular complexity index is 451. The second-order valence-corrected chi connectivity index (χ2v) is 4.39. The summed E-state index contributed by atoms with van der Waals surface area (Å²) in [6.07, 6.45) is 0.